The van der Waals surface area contributed by atoms with Gasteiger partial charge in [0.25, 0.3) is 0 Å². The molecular weight excluding hydrogens is 268 g/mol. The van der Waals surface area contributed by atoms with Crippen molar-refractivity contribution in [3.63, 3.8) is 0 Å². The summed E-state index contributed by atoms with van der Waals surface area (Å²) in [6.45, 7) is 2.82. The molecule has 0 aliphatic heterocycles. The normalized spacial score (nSPS) is 11.2. The summed E-state index contributed by atoms with van der Waals surface area (Å²) >= 11 is 3.43. The van der Waals surface area contributed by atoms with Crippen molar-refractivity contribution in [2.75, 3.05) is 6.54 Å². The van der Waals surface area contributed by atoms with Crippen LogP contribution in [0.5, 0.6) is 0 Å². The second kappa shape index (κ2) is 4.93. The van der Waals surface area contributed by atoms with Crippen molar-refractivity contribution in [2.45, 2.75) is 26.2 Å². The number of hydrogen-bond donors (Lipinski definition) is 1. The molecule has 0 atom stereocenters. The molecule has 0 unspecified atom stereocenters. The molecule has 16 heavy (non-hydrogen) atoms. The lowest BCUT2D eigenvalue weighted by Gasteiger charge is -2.05. The molecule has 2 N–H and O–H groups in total. The molecule has 0 bridgehead atoms. The molecule has 2 aromatic heterocycles. The quantitative estimate of drug-likeness (QED) is 0.874. The Morgan fingerprint density at radius 2 is 2.25 bits per heavy atom. The molecule has 0 amide bonds. The van der Waals surface area contributed by atoms with Crippen LogP contribution < -0.4 is 5.73 Å². The second-order valence-electron chi connectivity index (χ2n) is 3.87. The van der Waals surface area contributed by atoms with Crippen molar-refractivity contribution in [3.8, 4) is 0 Å². The summed E-state index contributed by atoms with van der Waals surface area (Å²) in [7, 11) is 0. The molecule has 0 radical (unpaired) electrons. The molecule has 86 valence electrons. The summed E-state index contributed by atoms with van der Waals surface area (Å²) in [4.78, 5) is 4.25. The van der Waals surface area contributed by atoms with Gasteiger partial charge in [-0.3, -0.25) is 0 Å². The minimum absolute atomic E-state index is 0.746. The zero-order valence-electron chi connectivity index (χ0n) is 9.28. The highest BCUT2D eigenvalue weighted by atomic mass is 79.9. The Morgan fingerprint density at radius 1 is 1.44 bits per heavy atom. The Bertz CT molecular complexity index is 492. The van der Waals surface area contributed by atoms with Crippen LogP contribution in [0.4, 0.5) is 0 Å². The lowest BCUT2D eigenvalue weighted by Crippen LogP contribution is -2.04. The van der Waals surface area contributed by atoms with Crippen LogP contribution in [0.25, 0.3) is 5.65 Å². The standard InChI is InChI=1S/C11H15BrN4/c1-8-6-11-14-7-10(12)16(11)15-9(8)4-2-3-5-13/h6-7H,2-5,13H2,1H3. The molecule has 0 spiro atoms. The van der Waals surface area contributed by atoms with E-state index < -0.39 is 0 Å². The van der Waals surface area contributed by atoms with Crippen LogP contribution >= 0.6 is 15.9 Å². The maximum Gasteiger partial charge on any atom is 0.155 e. The van der Waals surface area contributed by atoms with E-state index in [0.717, 1.165) is 41.8 Å². The number of unbranched alkanes of at least 4 members (excludes halogenated alkanes) is 1. The molecular formula is C11H15BrN4. The van der Waals surface area contributed by atoms with Gasteiger partial charge in [-0.05, 0) is 60.3 Å². The Balaban J connectivity index is 2.29. The fourth-order valence-electron chi connectivity index (χ4n) is 1.70. The molecule has 2 aromatic rings. The number of rotatable bonds is 4. The number of nitrogens with two attached hydrogens (primary N) is 1. The fraction of sp³-hybridized carbons (Fsp3) is 0.455. The summed E-state index contributed by atoms with van der Waals surface area (Å²) in [6, 6.07) is 2.07. The topological polar surface area (TPSA) is 56.2 Å². The number of aryl methyl sites for hydroxylation is 2. The molecule has 0 aromatic carbocycles. The monoisotopic (exact) mass is 282 g/mol. The molecule has 0 aliphatic carbocycles. The highest BCUT2D eigenvalue weighted by Gasteiger charge is 2.06. The molecule has 0 saturated heterocycles. The maximum atomic E-state index is 5.49. The van der Waals surface area contributed by atoms with Crippen LogP contribution in [0.2, 0.25) is 0 Å². The average molecular weight is 283 g/mol. The van der Waals surface area contributed by atoms with E-state index in [2.05, 4.69) is 39.0 Å². The third-order valence-electron chi connectivity index (χ3n) is 2.61. The molecule has 5 heteroatoms. The van der Waals surface area contributed by atoms with E-state index in [9.17, 15) is 0 Å². The summed E-state index contributed by atoms with van der Waals surface area (Å²) < 4.78 is 2.72. The lowest BCUT2D eigenvalue weighted by atomic mass is 10.1. The molecule has 2 rings (SSSR count). The molecule has 2 heterocycles. The van der Waals surface area contributed by atoms with Crippen molar-refractivity contribution in [1.82, 2.24) is 14.6 Å². The first-order valence-corrected chi connectivity index (χ1v) is 6.21. The van der Waals surface area contributed by atoms with Gasteiger partial charge in [-0.1, -0.05) is 0 Å². The summed E-state index contributed by atoms with van der Waals surface area (Å²) in [6.07, 6.45) is 4.88. The van der Waals surface area contributed by atoms with E-state index in [4.69, 9.17) is 5.73 Å². The zero-order valence-corrected chi connectivity index (χ0v) is 10.9. The zero-order chi connectivity index (χ0) is 11.5. The summed E-state index contributed by atoms with van der Waals surface area (Å²) in [5, 5.41) is 4.57. The predicted octanol–water partition coefficient (Wildman–Crippen LogP) is 2.08. The number of nitrogens with zero attached hydrogens (tertiary/aromatic N) is 3. The van der Waals surface area contributed by atoms with Gasteiger partial charge < -0.3 is 5.73 Å². The van der Waals surface area contributed by atoms with Crippen LogP contribution in [0.1, 0.15) is 24.1 Å². The predicted molar refractivity (Wildman–Crippen MR) is 67.4 cm³/mol. The average Bonchev–Trinajstić information content (AvgIpc) is 2.61. The molecule has 0 saturated carbocycles. The van der Waals surface area contributed by atoms with E-state index in [-0.39, 0.29) is 0 Å². The molecule has 0 aliphatic rings. The van der Waals surface area contributed by atoms with Crippen molar-refractivity contribution in [1.29, 1.82) is 0 Å². The Kier molecular flexibility index (Phi) is 3.56. The third-order valence-corrected chi connectivity index (χ3v) is 3.15. The van der Waals surface area contributed by atoms with Gasteiger partial charge in [-0.15, -0.1) is 0 Å². The first-order valence-electron chi connectivity index (χ1n) is 5.42. The van der Waals surface area contributed by atoms with E-state index >= 15 is 0 Å². The first-order chi connectivity index (χ1) is 7.72. The highest BCUT2D eigenvalue weighted by molar-refractivity contribution is 9.10. The van der Waals surface area contributed by atoms with Crippen molar-refractivity contribution in [3.05, 3.63) is 28.1 Å². The number of halogens is 1. The van der Waals surface area contributed by atoms with E-state index in [1.807, 2.05) is 4.52 Å². The van der Waals surface area contributed by atoms with Crippen molar-refractivity contribution < 1.29 is 0 Å². The van der Waals surface area contributed by atoms with Gasteiger partial charge in [-0.2, -0.15) is 5.10 Å². The first kappa shape index (κ1) is 11.5. The van der Waals surface area contributed by atoms with Crippen molar-refractivity contribution in [2.24, 2.45) is 5.73 Å². The second-order valence-corrected chi connectivity index (χ2v) is 4.68. The van der Waals surface area contributed by atoms with Gasteiger partial charge in [0.2, 0.25) is 0 Å². The van der Waals surface area contributed by atoms with Crippen LogP contribution in [-0.4, -0.2) is 21.1 Å². The van der Waals surface area contributed by atoms with Crippen LogP contribution in [0.3, 0.4) is 0 Å². The summed E-state index contributed by atoms with van der Waals surface area (Å²) in [5.41, 5.74) is 8.69. The van der Waals surface area contributed by atoms with Gasteiger partial charge in [-0.25, -0.2) is 9.50 Å². The van der Waals surface area contributed by atoms with Gasteiger partial charge in [0.15, 0.2) is 5.65 Å². The molecule has 0 fully saturated rings. The number of aromatic nitrogens is 3. The number of imidazole rings is 1. The lowest BCUT2D eigenvalue weighted by molar-refractivity contribution is 0.709. The van der Waals surface area contributed by atoms with Crippen LogP contribution in [-0.2, 0) is 6.42 Å². The van der Waals surface area contributed by atoms with E-state index in [1.165, 1.54) is 5.56 Å². The van der Waals surface area contributed by atoms with Gasteiger partial charge in [0.1, 0.15) is 4.60 Å². The van der Waals surface area contributed by atoms with Gasteiger partial charge in [0, 0.05) is 0 Å². The fourth-order valence-corrected chi connectivity index (χ4v) is 2.06. The van der Waals surface area contributed by atoms with E-state index in [0.29, 0.717) is 0 Å². The minimum atomic E-state index is 0.746. The van der Waals surface area contributed by atoms with Gasteiger partial charge in [0.05, 0.1) is 11.9 Å². The Morgan fingerprint density at radius 3 is 3.00 bits per heavy atom. The SMILES string of the molecule is Cc1cc2ncc(Br)n2nc1CCCCN. The molecule has 4 nitrogen and oxygen atoms in total. The number of fused-ring (bicyclic) bond motifs is 1. The van der Waals surface area contributed by atoms with Crippen molar-refractivity contribution >= 4 is 21.6 Å². The smallest absolute Gasteiger partial charge is 0.155 e. The maximum absolute atomic E-state index is 5.49. The largest absolute Gasteiger partial charge is 0.330 e. The highest BCUT2D eigenvalue weighted by Crippen LogP contribution is 2.15. The Labute approximate surface area is 103 Å². The van der Waals surface area contributed by atoms with Crippen LogP contribution in [0, 0.1) is 6.92 Å². The summed E-state index contributed by atoms with van der Waals surface area (Å²) in [5.74, 6) is 0. The van der Waals surface area contributed by atoms with Gasteiger partial charge >= 0.3 is 0 Å². The van der Waals surface area contributed by atoms with Crippen LogP contribution in [0.15, 0.2) is 16.9 Å². The number of hydrogen-bond acceptors (Lipinski definition) is 3. The Hall–Kier alpha value is -0.940. The minimum Gasteiger partial charge on any atom is -0.330 e. The van der Waals surface area contributed by atoms with E-state index in [1.54, 1.807) is 6.20 Å². The third kappa shape index (κ3) is 2.25.